The first-order valence-corrected chi connectivity index (χ1v) is 29.8. The lowest BCUT2D eigenvalue weighted by atomic mass is 9.87. The third-order valence-corrected chi connectivity index (χ3v) is 17.8. The summed E-state index contributed by atoms with van der Waals surface area (Å²) < 4.78 is 11.2. The van der Waals surface area contributed by atoms with Gasteiger partial charge in [0, 0.05) is 146 Å². The Morgan fingerprint density at radius 2 is 1.56 bits per heavy atom. The predicted octanol–water partition coefficient (Wildman–Crippen LogP) is 5.37. The maximum atomic E-state index is 14.0. The highest BCUT2D eigenvalue weighted by molar-refractivity contribution is 6.30. The van der Waals surface area contributed by atoms with Crippen molar-refractivity contribution in [3.8, 4) is 11.5 Å². The van der Waals surface area contributed by atoms with E-state index in [0.29, 0.717) is 82.6 Å². The number of methoxy groups -OCH3 is 1. The van der Waals surface area contributed by atoms with Gasteiger partial charge in [0.1, 0.15) is 29.3 Å². The fourth-order valence-corrected chi connectivity index (χ4v) is 12.6. The molecule has 5 aliphatic heterocycles. The van der Waals surface area contributed by atoms with Crippen LogP contribution in [0.3, 0.4) is 0 Å². The molecule has 1 unspecified atom stereocenters. The van der Waals surface area contributed by atoms with Crippen molar-refractivity contribution in [1.29, 1.82) is 0 Å². The average molecular weight is 1130 g/mol. The molecule has 2 atom stereocenters. The Bertz CT molecular complexity index is 2910. The number of carbonyl (C=O) groups is 4. The number of fused-ring (bicyclic) bond motifs is 1. The number of aromatic amines is 1. The van der Waals surface area contributed by atoms with Gasteiger partial charge in [0.05, 0.1) is 43.8 Å². The standard InChI is InChI=1S/C61H82ClN13O6/c1-3-81-54-37-51(80-2)14-11-48(54)38-64-39-55(76)75-22-5-8-49(41-75)46-6-4-7-47(36-46)59(78)74-24-16-44(17-25-74)40-70-28-30-71(31-29-70)42-56(77)72-34-32-69(33-35-72)23-18-53(45-9-12-50(62)13-10-45)68-60(79)61(63)19-26-73(27-20-61)58-52-15-21-65-57(52)66-43-67-58/h4,6-7,9-15,21,36-37,43-44,49,53,64H,3,5,8,16-20,22-35,38-42,63H2,1-2H3,(H,68,79)(H,65,66,67)/t49?,53-/m0/s1. The van der Waals surface area contributed by atoms with Crippen molar-refractivity contribution >= 4 is 52.1 Å². The van der Waals surface area contributed by atoms with E-state index in [2.05, 4.69) is 57.3 Å². The van der Waals surface area contributed by atoms with Crippen molar-refractivity contribution in [2.75, 3.05) is 136 Å². The zero-order chi connectivity index (χ0) is 56.3. The van der Waals surface area contributed by atoms with Gasteiger partial charge in [0.25, 0.3) is 5.91 Å². The summed E-state index contributed by atoms with van der Waals surface area (Å²) in [6.45, 7) is 16.0. The van der Waals surface area contributed by atoms with E-state index in [9.17, 15) is 19.2 Å². The molecule has 0 aliphatic carbocycles. The largest absolute Gasteiger partial charge is 0.497 e. The normalized spacial score (nSPS) is 20.1. The molecule has 10 rings (SSSR count). The summed E-state index contributed by atoms with van der Waals surface area (Å²) in [6, 6.07) is 23.2. The van der Waals surface area contributed by atoms with Crippen LogP contribution in [0.5, 0.6) is 11.5 Å². The number of ether oxygens (including phenoxy) is 2. The van der Waals surface area contributed by atoms with Crippen LogP contribution in [0.1, 0.15) is 90.9 Å². The van der Waals surface area contributed by atoms with Gasteiger partial charge >= 0.3 is 0 Å². The molecule has 0 spiro atoms. The van der Waals surface area contributed by atoms with Gasteiger partial charge in [-0.15, -0.1) is 0 Å². The van der Waals surface area contributed by atoms with Crippen molar-refractivity contribution in [3.05, 3.63) is 113 Å². The lowest BCUT2D eigenvalue weighted by Crippen LogP contribution is -2.60. The van der Waals surface area contributed by atoms with Gasteiger partial charge in [-0.1, -0.05) is 41.9 Å². The SMILES string of the molecule is CCOc1cc(OC)ccc1CNCC(=O)N1CCCC(c2cccc(C(=O)N3CCC(CN4CCN(CC(=O)N5CCN(CC[C@H](NC(=O)C6(N)CCN(c7ncnc8[nH]ccc78)CC6)c6ccc(Cl)cc6)CC5)CC4)CC3)c2)C1. The van der Waals surface area contributed by atoms with E-state index in [4.69, 9.17) is 26.8 Å². The maximum Gasteiger partial charge on any atom is 0.253 e. The number of nitrogens with two attached hydrogens (primary N) is 1. The van der Waals surface area contributed by atoms with Crippen LogP contribution in [0.15, 0.2) is 85.3 Å². The summed E-state index contributed by atoms with van der Waals surface area (Å²) in [7, 11) is 1.63. The minimum Gasteiger partial charge on any atom is -0.497 e. The fraction of sp³-hybridized carbons (Fsp3) is 0.541. The molecule has 5 fully saturated rings. The highest BCUT2D eigenvalue weighted by Crippen LogP contribution is 2.32. The minimum absolute atomic E-state index is 0.0767. The molecule has 2 aromatic heterocycles. The molecule has 19 nitrogen and oxygen atoms in total. The van der Waals surface area contributed by atoms with E-state index in [1.54, 1.807) is 13.4 Å². The number of carbonyl (C=O) groups excluding carboxylic acids is 4. The van der Waals surface area contributed by atoms with Crippen molar-refractivity contribution in [2.45, 2.75) is 75.9 Å². The van der Waals surface area contributed by atoms with Crippen LogP contribution in [0.2, 0.25) is 5.02 Å². The molecule has 4 amide bonds. The summed E-state index contributed by atoms with van der Waals surface area (Å²) in [4.78, 5) is 82.4. The first-order valence-electron chi connectivity index (χ1n) is 29.4. The predicted molar refractivity (Wildman–Crippen MR) is 315 cm³/mol. The van der Waals surface area contributed by atoms with E-state index in [0.717, 1.165) is 148 Å². The quantitative estimate of drug-likeness (QED) is 0.0775. The van der Waals surface area contributed by atoms with Crippen LogP contribution in [0.4, 0.5) is 5.82 Å². The number of nitrogens with zero attached hydrogens (tertiary/aromatic N) is 9. The van der Waals surface area contributed by atoms with Crippen LogP contribution in [0.25, 0.3) is 11.0 Å². The van der Waals surface area contributed by atoms with E-state index in [1.165, 1.54) is 0 Å². The average Bonchev–Trinajstić information content (AvgIpc) is 4.04. The third kappa shape index (κ3) is 14.7. The van der Waals surface area contributed by atoms with Gasteiger partial charge in [-0.05, 0) is 105 Å². The van der Waals surface area contributed by atoms with Crippen LogP contribution in [0, 0.1) is 5.92 Å². The minimum atomic E-state index is -1.01. The van der Waals surface area contributed by atoms with Gasteiger partial charge in [-0.3, -0.25) is 29.0 Å². The van der Waals surface area contributed by atoms with Crippen LogP contribution < -0.4 is 30.7 Å². The molecule has 5 aliphatic rings. The zero-order valence-electron chi connectivity index (χ0n) is 47.3. The van der Waals surface area contributed by atoms with Gasteiger partial charge in [0.15, 0.2) is 0 Å². The van der Waals surface area contributed by atoms with Crippen molar-refractivity contribution in [3.63, 3.8) is 0 Å². The molecule has 3 aromatic carbocycles. The first kappa shape index (κ1) is 57.9. The molecule has 5 saturated heterocycles. The number of aromatic nitrogens is 3. The Hall–Kier alpha value is -6.35. The molecule has 5 aromatic rings. The number of amides is 4. The van der Waals surface area contributed by atoms with Crippen molar-refractivity contribution in [1.82, 2.24) is 55.0 Å². The van der Waals surface area contributed by atoms with Gasteiger partial charge in [-0.25, -0.2) is 9.97 Å². The van der Waals surface area contributed by atoms with Crippen molar-refractivity contribution in [2.24, 2.45) is 11.7 Å². The van der Waals surface area contributed by atoms with Crippen LogP contribution in [-0.2, 0) is 20.9 Å². The number of likely N-dealkylation sites (tertiary alicyclic amines) is 2. The zero-order valence-corrected chi connectivity index (χ0v) is 48.1. The molecule has 0 saturated carbocycles. The Morgan fingerprint density at radius 3 is 2.31 bits per heavy atom. The molecule has 7 heterocycles. The molecule has 0 bridgehead atoms. The molecular weight excluding hydrogens is 1050 g/mol. The Morgan fingerprint density at radius 1 is 0.802 bits per heavy atom. The number of halogens is 1. The fourth-order valence-electron chi connectivity index (χ4n) is 12.5. The third-order valence-electron chi connectivity index (χ3n) is 17.6. The number of piperidine rings is 3. The summed E-state index contributed by atoms with van der Waals surface area (Å²) in [5, 5.41) is 8.25. The molecule has 434 valence electrons. The number of piperazine rings is 2. The molecular formula is C61H82ClN13O6. The number of H-pyrrole nitrogens is 1. The highest BCUT2D eigenvalue weighted by Gasteiger charge is 2.40. The van der Waals surface area contributed by atoms with Crippen molar-refractivity contribution < 1.29 is 28.7 Å². The number of nitrogens with one attached hydrogen (secondary N) is 3. The van der Waals surface area contributed by atoms with Gasteiger partial charge in [-0.2, -0.15) is 0 Å². The number of anilines is 1. The Kier molecular flexibility index (Phi) is 19.4. The number of rotatable bonds is 20. The number of benzene rings is 3. The van der Waals surface area contributed by atoms with E-state index >= 15 is 0 Å². The van der Waals surface area contributed by atoms with E-state index in [1.807, 2.05) is 88.5 Å². The Balaban J connectivity index is 0.613. The smallest absolute Gasteiger partial charge is 0.253 e. The van der Waals surface area contributed by atoms with Crippen LogP contribution >= 0.6 is 11.6 Å². The second-order valence-corrected chi connectivity index (χ2v) is 23.2. The van der Waals surface area contributed by atoms with Crippen LogP contribution in [-0.4, -0.2) is 205 Å². The summed E-state index contributed by atoms with van der Waals surface area (Å²) in [5.74, 6) is 3.25. The molecule has 20 heteroatoms. The maximum absolute atomic E-state index is 14.0. The monoisotopic (exact) mass is 1130 g/mol. The van der Waals surface area contributed by atoms with E-state index in [-0.39, 0.29) is 42.1 Å². The van der Waals surface area contributed by atoms with Gasteiger partial charge < -0.3 is 55.3 Å². The lowest BCUT2D eigenvalue weighted by Gasteiger charge is -2.40. The first-order chi connectivity index (χ1) is 39.4. The Labute approximate surface area is 481 Å². The number of hydrogen-bond acceptors (Lipinski definition) is 14. The lowest BCUT2D eigenvalue weighted by molar-refractivity contribution is -0.135. The number of hydrogen-bond donors (Lipinski definition) is 4. The highest BCUT2D eigenvalue weighted by atomic mass is 35.5. The molecule has 5 N–H and O–H groups in total. The summed E-state index contributed by atoms with van der Waals surface area (Å²) in [6.07, 6.45) is 8.96. The second-order valence-electron chi connectivity index (χ2n) is 22.8. The topological polar surface area (TPSA) is 201 Å². The second kappa shape index (κ2) is 27.2. The van der Waals surface area contributed by atoms with Gasteiger partial charge in [0.2, 0.25) is 17.7 Å². The van der Waals surface area contributed by atoms with E-state index < -0.39 is 5.54 Å². The summed E-state index contributed by atoms with van der Waals surface area (Å²) in [5.41, 5.74) is 10.5. The molecule has 81 heavy (non-hydrogen) atoms. The molecule has 0 radical (unpaired) electrons. The summed E-state index contributed by atoms with van der Waals surface area (Å²) >= 11 is 6.29.